The van der Waals surface area contributed by atoms with Gasteiger partial charge < -0.3 is 10.5 Å². The molecule has 86 valence electrons. The molecule has 0 saturated heterocycles. The number of hydrazone groups is 1. The highest BCUT2D eigenvalue weighted by molar-refractivity contribution is 5.85. The highest BCUT2D eigenvalue weighted by Crippen LogP contribution is 2.17. The first kappa shape index (κ1) is 12.0. The van der Waals surface area contributed by atoms with E-state index in [-0.39, 0.29) is 0 Å². The molecule has 0 heterocycles. The molecule has 1 aromatic rings. The molecule has 0 unspecified atom stereocenters. The maximum atomic E-state index is 10.4. The number of primary amides is 1. The normalized spacial score (nSPS) is 10.4. The molecule has 0 aliphatic carbocycles. The molecule has 5 heteroatoms. The van der Waals surface area contributed by atoms with E-state index in [0.29, 0.717) is 6.61 Å². The fourth-order valence-corrected chi connectivity index (χ4v) is 1.22. The maximum absolute atomic E-state index is 10.4. The van der Waals surface area contributed by atoms with Crippen molar-refractivity contribution in [3.05, 3.63) is 29.3 Å². The number of hydrogen-bond acceptors (Lipinski definition) is 3. The van der Waals surface area contributed by atoms with E-state index in [1.165, 1.54) is 6.21 Å². The molecule has 0 bridgehead atoms. The first-order chi connectivity index (χ1) is 7.63. The molecular weight excluding hydrogens is 206 g/mol. The summed E-state index contributed by atoms with van der Waals surface area (Å²) in [6, 6.07) is 5.03. The van der Waals surface area contributed by atoms with Crippen molar-refractivity contribution >= 4 is 12.2 Å². The summed E-state index contributed by atoms with van der Waals surface area (Å²) < 4.78 is 5.41. The lowest BCUT2D eigenvalue weighted by Gasteiger charge is -2.07. The first-order valence-electron chi connectivity index (χ1n) is 4.95. The van der Waals surface area contributed by atoms with Crippen LogP contribution in [0.25, 0.3) is 0 Å². The Morgan fingerprint density at radius 2 is 2.38 bits per heavy atom. The largest absolute Gasteiger partial charge is 0.493 e. The van der Waals surface area contributed by atoms with Crippen LogP contribution >= 0.6 is 0 Å². The van der Waals surface area contributed by atoms with Gasteiger partial charge in [-0.25, -0.2) is 10.2 Å². The van der Waals surface area contributed by atoms with Gasteiger partial charge in [-0.2, -0.15) is 5.10 Å². The van der Waals surface area contributed by atoms with Gasteiger partial charge in [-0.3, -0.25) is 0 Å². The number of aryl methyl sites for hydroxylation is 1. The number of hydrogen-bond donors (Lipinski definition) is 2. The summed E-state index contributed by atoms with van der Waals surface area (Å²) in [6.07, 6.45) is 1.50. The Morgan fingerprint density at radius 1 is 1.62 bits per heavy atom. The number of benzene rings is 1. The molecule has 3 N–H and O–H groups in total. The van der Waals surface area contributed by atoms with Crippen LogP contribution in [-0.4, -0.2) is 18.9 Å². The van der Waals surface area contributed by atoms with Gasteiger partial charge in [0.15, 0.2) is 0 Å². The number of nitrogens with zero attached hydrogens (tertiary/aromatic N) is 1. The number of rotatable bonds is 4. The minimum atomic E-state index is -0.693. The molecule has 2 amide bonds. The second kappa shape index (κ2) is 5.75. The van der Waals surface area contributed by atoms with E-state index in [9.17, 15) is 4.79 Å². The third-order valence-corrected chi connectivity index (χ3v) is 1.84. The highest BCUT2D eigenvalue weighted by atomic mass is 16.5. The van der Waals surface area contributed by atoms with E-state index in [0.717, 1.165) is 16.9 Å². The van der Waals surface area contributed by atoms with E-state index in [1.807, 2.05) is 32.0 Å². The van der Waals surface area contributed by atoms with Crippen LogP contribution in [0, 0.1) is 6.92 Å². The summed E-state index contributed by atoms with van der Waals surface area (Å²) in [5.74, 6) is 0.725. The van der Waals surface area contributed by atoms with Crippen LogP contribution in [0.3, 0.4) is 0 Å². The third kappa shape index (κ3) is 3.61. The van der Waals surface area contributed by atoms with Crippen LogP contribution in [0.1, 0.15) is 18.1 Å². The molecule has 0 radical (unpaired) electrons. The van der Waals surface area contributed by atoms with Crippen LogP contribution in [0.2, 0.25) is 0 Å². The number of carbonyl (C=O) groups excluding carboxylic acids is 1. The molecule has 16 heavy (non-hydrogen) atoms. The SMILES string of the molecule is CCOc1ccc(C)cc1C=NNC(N)=O. The molecule has 0 aliphatic rings. The molecule has 0 atom stereocenters. The Bertz CT molecular complexity index is 402. The summed E-state index contributed by atoms with van der Waals surface area (Å²) in [5.41, 5.74) is 8.91. The summed E-state index contributed by atoms with van der Waals surface area (Å²) in [6.45, 7) is 4.45. The molecule has 0 spiro atoms. The van der Waals surface area contributed by atoms with E-state index >= 15 is 0 Å². The van der Waals surface area contributed by atoms with Gasteiger partial charge in [-0.1, -0.05) is 11.6 Å². The van der Waals surface area contributed by atoms with E-state index in [4.69, 9.17) is 10.5 Å². The molecule has 1 rings (SSSR count). The Hall–Kier alpha value is -2.04. The molecule has 0 saturated carbocycles. The summed E-state index contributed by atoms with van der Waals surface area (Å²) >= 11 is 0. The molecule has 0 aliphatic heterocycles. The van der Waals surface area contributed by atoms with Gasteiger partial charge in [0.2, 0.25) is 0 Å². The van der Waals surface area contributed by atoms with Gasteiger partial charge in [0.05, 0.1) is 12.8 Å². The van der Waals surface area contributed by atoms with Crippen molar-refractivity contribution in [2.75, 3.05) is 6.61 Å². The van der Waals surface area contributed by atoms with Gasteiger partial charge in [0, 0.05) is 5.56 Å². The number of nitrogens with two attached hydrogens (primary N) is 1. The van der Waals surface area contributed by atoms with Crippen LogP contribution < -0.4 is 15.9 Å². The number of nitrogens with one attached hydrogen (secondary N) is 1. The fraction of sp³-hybridized carbons (Fsp3) is 0.273. The van der Waals surface area contributed by atoms with Crippen molar-refractivity contribution in [2.24, 2.45) is 10.8 Å². The topological polar surface area (TPSA) is 76.7 Å². The standard InChI is InChI=1S/C11H15N3O2/c1-3-16-10-5-4-8(2)6-9(10)7-13-14-11(12)15/h4-7H,3H2,1-2H3,(H3,12,14,15). The summed E-state index contributed by atoms with van der Waals surface area (Å²) in [4.78, 5) is 10.4. The van der Waals surface area contributed by atoms with Crippen LogP contribution in [0.5, 0.6) is 5.75 Å². The van der Waals surface area contributed by atoms with Gasteiger partial charge in [0.1, 0.15) is 5.75 Å². The predicted molar refractivity (Wildman–Crippen MR) is 62.7 cm³/mol. The van der Waals surface area contributed by atoms with Crippen molar-refractivity contribution in [1.29, 1.82) is 0 Å². The molecule has 5 nitrogen and oxygen atoms in total. The summed E-state index contributed by atoms with van der Waals surface area (Å²) in [7, 11) is 0. The Balaban J connectivity index is 2.86. The predicted octanol–water partition coefficient (Wildman–Crippen LogP) is 1.40. The Labute approximate surface area is 94.3 Å². The average molecular weight is 221 g/mol. The van der Waals surface area contributed by atoms with Crippen molar-refractivity contribution in [3.8, 4) is 5.75 Å². The molecule has 0 aromatic heterocycles. The van der Waals surface area contributed by atoms with Crippen LogP contribution in [0.15, 0.2) is 23.3 Å². The number of carbonyl (C=O) groups is 1. The second-order valence-corrected chi connectivity index (χ2v) is 3.21. The van der Waals surface area contributed by atoms with Crippen molar-refractivity contribution in [3.63, 3.8) is 0 Å². The van der Waals surface area contributed by atoms with Gasteiger partial charge in [0.25, 0.3) is 0 Å². The first-order valence-corrected chi connectivity index (χ1v) is 4.95. The lowest BCUT2D eigenvalue weighted by Crippen LogP contribution is -2.24. The lowest BCUT2D eigenvalue weighted by molar-refractivity contribution is 0.249. The second-order valence-electron chi connectivity index (χ2n) is 3.21. The molecule has 1 aromatic carbocycles. The van der Waals surface area contributed by atoms with Crippen molar-refractivity contribution in [1.82, 2.24) is 5.43 Å². The van der Waals surface area contributed by atoms with E-state index < -0.39 is 6.03 Å². The quantitative estimate of drug-likeness (QED) is 0.595. The fourth-order valence-electron chi connectivity index (χ4n) is 1.22. The number of amides is 2. The minimum Gasteiger partial charge on any atom is -0.493 e. The molecule has 0 fully saturated rings. The van der Waals surface area contributed by atoms with Gasteiger partial charge in [-0.05, 0) is 26.0 Å². The van der Waals surface area contributed by atoms with E-state index in [2.05, 4.69) is 10.5 Å². The molecular formula is C11H15N3O2. The lowest BCUT2D eigenvalue weighted by atomic mass is 10.1. The smallest absolute Gasteiger partial charge is 0.332 e. The number of urea groups is 1. The highest BCUT2D eigenvalue weighted by Gasteiger charge is 2.00. The zero-order valence-electron chi connectivity index (χ0n) is 9.36. The monoisotopic (exact) mass is 221 g/mol. The van der Waals surface area contributed by atoms with Crippen LogP contribution in [0.4, 0.5) is 4.79 Å². The Morgan fingerprint density at radius 3 is 3.00 bits per heavy atom. The number of ether oxygens (including phenoxy) is 1. The average Bonchev–Trinajstić information content (AvgIpc) is 2.21. The van der Waals surface area contributed by atoms with Gasteiger partial charge >= 0.3 is 6.03 Å². The van der Waals surface area contributed by atoms with Crippen LogP contribution in [-0.2, 0) is 0 Å². The summed E-state index contributed by atoms with van der Waals surface area (Å²) in [5, 5.41) is 3.70. The maximum Gasteiger partial charge on any atom is 0.332 e. The van der Waals surface area contributed by atoms with Crippen molar-refractivity contribution in [2.45, 2.75) is 13.8 Å². The van der Waals surface area contributed by atoms with Crippen molar-refractivity contribution < 1.29 is 9.53 Å². The minimum absolute atomic E-state index is 0.577. The Kier molecular flexibility index (Phi) is 4.32. The zero-order chi connectivity index (χ0) is 12.0. The van der Waals surface area contributed by atoms with Gasteiger partial charge in [-0.15, -0.1) is 0 Å². The van der Waals surface area contributed by atoms with E-state index in [1.54, 1.807) is 0 Å². The zero-order valence-corrected chi connectivity index (χ0v) is 9.36. The third-order valence-electron chi connectivity index (χ3n) is 1.84.